The first-order chi connectivity index (χ1) is 11.6. The van der Waals surface area contributed by atoms with Gasteiger partial charge < -0.3 is 10.6 Å². The molecule has 126 valence electrons. The second-order valence-electron chi connectivity index (χ2n) is 5.30. The van der Waals surface area contributed by atoms with Gasteiger partial charge in [-0.3, -0.25) is 9.59 Å². The average molecular weight is 363 g/mol. The Labute approximate surface area is 147 Å². The van der Waals surface area contributed by atoms with E-state index in [-0.39, 0.29) is 0 Å². The number of primary amides is 1. The van der Waals surface area contributed by atoms with Gasteiger partial charge in [-0.15, -0.1) is 11.3 Å². The van der Waals surface area contributed by atoms with E-state index in [0.29, 0.717) is 0 Å². The Kier molecular flexibility index (Phi) is 5.21. The SMILES string of the molecule is NC(=O)C(=O)N/N=C\c1sc(N2CCCCC2)nc1-c1cccs1. The van der Waals surface area contributed by atoms with Crippen LogP contribution in [0.5, 0.6) is 0 Å². The zero-order valence-electron chi connectivity index (χ0n) is 12.9. The summed E-state index contributed by atoms with van der Waals surface area (Å²) in [5, 5.41) is 6.77. The Morgan fingerprint density at radius 2 is 2.12 bits per heavy atom. The fourth-order valence-electron chi connectivity index (χ4n) is 2.42. The number of amides is 2. The number of piperidine rings is 1. The van der Waals surface area contributed by atoms with Gasteiger partial charge >= 0.3 is 11.8 Å². The van der Waals surface area contributed by atoms with Crippen LogP contribution in [0, 0.1) is 0 Å². The van der Waals surface area contributed by atoms with Crippen LogP contribution in [0.1, 0.15) is 24.1 Å². The van der Waals surface area contributed by atoms with E-state index < -0.39 is 11.8 Å². The largest absolute Gasteiger partial charge is 0.361 e. The summed E-state index contributed by atoms with van der Waals surface area (Å²) in [5.74, 6) is -2.01. The molecule has 24 heavy (non-hydrogen) atoms. The fraction of sp³-hybridized carbons (Fsp3) is 0.333. The van der Waals surface area contributed by atoms with Crippen LogP contribution in [0.3, 0.4) is 0 Å². The summed E-state index contributed by atoms with van der Waals surface area (Å²) in [6, 6.07) is 3.97. The van der Waals surface area contributed by atoms with Gasteiger partial charge in [-0.05, 0) is 30.7 Å². The number of nitrogens with one attached hydrogen (secondary N) is 1. The van der Waals surface area contributed by atoms with Crippen LogP contribution >= 0.6 is 22.7 Å². The topological polar surface area (TPSA) is 101 Å². The van der Waals surface area contributed by atoms with E-state index in [9.17, 15) is 9.59 Å². The molecule has 1 aliphatic rings. The van der Waals surface area contributed by atoms with E-state index in [2.05, 4.69) is 15.4 Å². The number of hydrogen-bond acceptors (Lipinski definition) is 7. The van der Waals surface area contributed by atoms with Crippen molar-refractivity contribution in [3.63, 3.8) is 0 Å². The fourth-order valence-corrected chi connectivity index (χ4v) is 4.22. The Balaban J connectivity index is 1.85. The third-order valence-electron chi connectivity index (χ3n) is 3.59. The molecule has 2 amide bonds. The van der Waals surface area contributed by atoms with Gasteiger partial charge in [-0.1, -0.05) is 17.4 Å². The van der Waals surface area contributed by atoms with Crippen molar-refractivity contribution in [1.82, 2.24) is 10.4 Å². The van der Waals surface area contributed by atoms with Crippen molar-refractivity contribution in [3.05, 3.63) is 22.4 Å². The Morgan fingerprint density at radius 3 is 2.79 bits per heavy atom. The highest BCUT2D eigenvalue weighted by atomic mass is 32.1. The number of thiazole rings is 1. The summed E-state index contributed by atoms with van der Waals surface area (Å²) in [4.78, 5) is 30.8. The molecular formula is C15H17N5O2S2. The van der Waals surface area contributed by atoms with Crippen molar-refractivity contribution in [1.29, 1.82) is 0 Å². The molecule has 0 aromatic carbocycles. The van der Waals surface area contributed by atoms with Crippen molar-refractivity contribution >= 4 is 45.8 Å². The van der Waals surface area contributed by atoms with Crippen LogP contribution in [-0.2, 0) is 9.59 Å². The van der Waals surface area contributed by atoms with Gasteiger partial charge in [0.05, 0.1) is 16.0 Å². The van der Waals surface area contributed by atoms with Gasteiger partial charge in [-0.2, -0.15) is 5.10 Å². The molecule has 1 fully saturated rings. The minimum atomic E-state index is -1.07. The molecule has 2 aromatic rings. The van der Waals surface area contributed by atoms with Gasteiger partial charge in [0.25, 0.3) is 0 Å². The van der Waals surface area contributed by atoms with Crippen LogP contribution in [-0.4, -0.2) is 36.1 Å². The second kappa shape index (κ2) is 7.54. The van der Waals surface area contributed by atoms with E-state index >= 15 is 0 Å². The maximum absolute atomic E-state index is 11.2. The molecule has 0 atom stereocenters. The van der Waals surface area contributed by atoms with Crippen LogP contribution in [0.25, 0.3) is 10.6 Å². The molecule has 7 nitrogen and oxygen atoms in total. The molecule has 1 saturated heterocycles. The normalized spacial score (nSPS) is 14.9. The van der Waals surface area contributed by atoms with Crippen molar-refractivity contribution < 1.29 is 9.59 Å². The molecule has 0 aliphatic carbocycles. The minimum Gasteiger partial charge on any atom is -0.361 e. The molecule has 0 radical (unpaired) electrons. The maximum atomic E-state index is 11.2. The summed E-state index contributed by atoms with van der Waals surface area (Å²) in [5.41, 5.74) is 7.84. The highest BCUT2D eigenvalue weighted by molar-refractivity contribution is 7.18. The van der Waals surface area contributed by atoms with E-state index in [1.165, 1.54) is 36.8 Å². The van der Waals surface area contributed by atoms with E-state index in [0.717, 1.165) is 33.7 Å². The average Bonchev–Trinajstić information content (AvgIpc) is 3.24. The predicted octanol–water partition coefficient (Wildman–Crippen LogP) is 1.80. The number of carbonyl (C=O) groups is 2. The van der Waals surface area contributed by atoms with Crippen molar-refractivity contribution in [2.45, 2.75) is 19.3 Å². The highest BCUT2D eigenvalue weighted by Crippen LogP contribution is 2.35. The molecule has 0 bridgehead atoms. The van der Waals surface area contributed by atoms with Gasteiger partial charge in [0, 0.05) is 13.1 Å². The number of nitrogens with two attached hydrogens (primary N) is 1. The molecule has 0 spiro atoms. The van der Waals surface area contributed by atoms with E-state index in [1.807, 2.05) is 17.5 Å². The Hall–Kier alpha value is -2.26. The number of rotatable bonds is 4. The quantitative estimate of drug-likeness (QED) is 0.491. The molecule has 3 N–H and O–H groups in total. The van der Waals surface area contributed by atoms with E-state index in [1.54, 1.807) is 11.3 Å². The molecule has 3 rings (SSSR count). The molecule has 1 aliphatic heterocycles. The number of aromatic nitrogens is 1. The standard InChI is InChI=1S/C15H17N5O2S2/c16-13(21)14(22)19-17-9-11-12(10-5-4-8-23-10)18-15(24-11)20-6-2-1-3-7-20/h4-5,8-9H,1-3,6-7H2,(H2,16,21)(H,19,22)/b17-9-. The lowest BCUT2D eigenvalue weighted by Crippen LogP contribution is -2.32. The van der Waals surface area contributed by atoms with E-state index in [4.69, 9.17) is 10.7 Å². The van der Waals surface area contributed by atoms with Crippen LogP contribution in [0.2, 0.25) is 0 Å². The third-order valence-corrected chi connectivity index (χ3v) is 5.52. The van der Waals surface area contributed by atoms with Crippen LogP contribution < -0.4 is 16.1 Å². The number of anilines is 1. The molecule has 2 aromatic heterocycles. The van der Waals surface area contributed by atoms with Gasteiger partial charge in [0.15, 0.2) is 5.13 Å². The Bertz CT molecular complexity index is 748. The third kappa shape index (κ3) is 3.80. The van der Waals surface area contributed by atoms with Crippen LogP contribution in [0.15, 0.2) is 22.6 Å². The zero-order chi connectivity index (χ0) is 16.9. The predicted molar refractivity (Wildman–Crippen MR) is 96.4 cm³/mol. The lowest BCUT2D eigenvalue weighted by atomic mass is 10.1. The summed E-state index contributed by atoms with van der Waals surface area (Å²) in [6.45, 7) is 2.01. The summed E-state index contributed by atoms with van der Waals surface area (Å²) in [6.07, 6.45) is 5.12. The van der Waals surface area contributed by atoms with Crippen molar-refractivity contribution in [2.75, 3.05) is 18.0 Å². The van der Waals surface area contributed by atoms with Crippen molar-refractivity contribution in [2.24, 2.45) is 10.8 Å². The van der Waals surface area contributed by atoms with Crippen LogP contribution in [0.4, 0.5) is 5.13 Å². The summed E-state index contributed by atoms with van der Waals surface area (Å²) in [7, 11) is 0. The lowest BCUT2D eigenvalue weighted by molar-refractivity contribution is -0.137. The number of thiophene rings is 1. The molecule has 0 saturated carbocycles. The maximum Gasteiger partial charge on any atom is 0.329 e. The zero-order valence-corrected chi connectivity index (χ0v) is 14.5. The first kappa shape index (κ1) is 16.6. The Morgan fingerprint density at radius 1 is 1.33 bits per heavy atom. The lowest BCUT2D eigenvalue weighted by Gasteiger charge is -2.25. The smallest absolute Gasteiger partial charge is 0.329 e. The monoisotopic (exact) mass is 363 g/mol. The molecule has 9 heteroatoms. The molecule has 0 unspecified atom stereocenters. The first-order valence-corrected chi connectivity index (χ1v) is 9.27. The second-order valence-corrected chi connectivity index (χ2v) is 7.25. The van der Waals surface area contributed by atoms with Gasteiger partial charge in [0.1, 0.15) is 5.69 Å². The highest BCUT2D eigenvalue weighted by Gasteiger charge is 2.19. The van der Waals surface area contributed by atoms with Crippen molar-refractivity contribution in [3.8, 4) is 10.6 Å². The summed E-state index contributed by atoms with van der Waals surface area (Å²) < 4.78 is 0. The number of nitrogens with zero attached hydrogens (tertiary/aromatic N) is 3. The number of hydrazone groups is 1. The van der Waals surface area contributed by atoms with Gasteiger partial charge in [-0.25, -0.2) is 10.4 Å². The van der Waals surface area contributed by atoms with Gasteiger partial charge in [0.2, 0.25) is 0 Å². The number of hydrogen-bond donors (Lipinski definition) is 2. The molecular weight excluding hydrogens is 346 g/mol. The minimum absolute atomic E-state index is 0.836. The molecule has 3 heterocycles. The number of carbonyl (C=O) groups excluding carboxylic acids is 2. The first-order valence-electron chi connectivity index (χ1n) is 7.57. The summed E-state index contributed by atoms with van der Waals surface area (Å²) >= 11 is 3.13.